The van der Waals surface area contributed by atoms with Crippen molar-refractivity contribution < 1.29 is 0 Å². The second kappa shape index (κ2) is 4.90. The second-order valence-corrected chi connectivity index (χ2v) is 3.36. The summed E-state index contributed by atoms with van der Waals surface area (Å²) < 4.78 is 0. The minimum atomic E-state index is 1.07. The number of likely N-dealkylation sites (N-methyl/N-ethyl adjacent to an activating group) is 1. The van der Waals surface area contributed by atoms with E-state index in [4.69, 9.17) is 0 Å². The van der Waals surface area contributed by atoms with Crippen molar-refractivity contribution >= 4 is 0 Å². The number of hydrogen-bond donors (Lipinski definition) is 0. The van der Waals surface area contributed by atoms with Crippen LogP contribution in [0.15, 0.2) is 36.6 Å². The molecule has 0 amide bonds. The molecule has 0 bridgehead atoms. The Balaban J connectivity index is 2.95. The van der Waals surface area contributed by atoms with E-state index in [9.17, 15) is 0 Å². The summed E-state index contributed by atoms with van der Waals surface area (Å²) in [6, 6.07) is 0. The van der Waals surface area contributed by atoms with E-state index in [1.165, 1.54) is 24.1 Å². The fourth-order valence-electron chi connectivity index (χ4n) is 1.87. The van der Waals surface area contributed by atoms with Gasteiger partial charge in [0.2, 0.25) is 0 Å². The minimum Gasteiger partial charge on any atom is -0.372 e. The average Bonchev–Trinajstić information content (AvgIpc) is 2.37. The molecule has 0 fully saturated rings. The van der Waals surface area contributed by atoms with Gasteiger partial charge in [0.25, 0.3) is 0 Å². The monoisotopic (exact) mass is 177 g/mol. The van der Waals surface area contributed by atoms with Gasteiger partial charge < -0.3 is 4.90 Å². The first-order chi connectivity index (χ1) is 6.33. The van der Waals surface area contributed by atoms with Crippen molar-refractivity contribution in [2.45, 2.75) is 26.2 Å². The molecule has 1 rings (SSSR count). The molecular formula is C12H19N. The van der Waals surface area contributed by atoms with Gasteiger partial charge in [-0.3, -0.25) is 0 Å². The predicted octanol–water partition coefficient (Wildman–Crippen LogP) is 3.12. The molecule has 0 aromatic rings. The van der Waals surface area contributed by atoms with Gasteiger partial charge in [0.15, 0.2) is 0 Å². The average molecular weight is 177 g/mol. The van der Waals surface area contributed by atoms with E-state index in [0.29, 0.717) is 0 Å². The standard InChI is InChI=1S/C12H19N/c1-4-11-9-7-8-10-13(6-3)12(11)5-2/h4-5H,1-2,6-10H2,3H3. The molecule has 0 saturated heterocycles. The zero-order valence-corrected chi connectivity index (χ0v) is 8.55. The van der Waals surface area contributed by atoms with Crippen LogP contribution in [0.2, 0.25) is 0 Å². The summed E-state index contributed by atoms with van der Waals surface area (Å²) >= 11 is 0. The van der Waals surface area contributed by atoms with Gasteiger partial charge in [0.05, 0.1) is 0 Å². The van der Waals surface area contributed by atoms with Gasteiger partial charge in [0, 0.05) is 18.8 Å². The van der Waals surface area contributed by atoms with E-state index in [1.807, 2.05) is 12.2 Å². The first-order valence-corrected chi connectivity index (χ1v) is 5.06. The van der Waals surface area contributed by atoms with Crippen LogP contribution in [-0.4, -0.2) is 18.0 Å². The Morgan fingerprint density at radius 2 is 2.08 bits per heavy atom. The molecule has 1 nitrogen and oxygen atoms in total. The zero-order valence-electron chi connectivity index (χ0n) is 8.55. The minimum absolute atomic E-state index is 1.07. The maximum absolute atomic E-state index is 3.88. The quantitative estimate of drug-likeness (QED) is 0.640. The first kappa shape index (κ1) is 10.1. The van der Waals surface area contributed by atoms with Crippen LogP contribution in [-0.2, 0) is 0 Å². The summed E-state index contributed by atoms with van der Waals surface area (Å²) in [6.07, 6.45) is 7.65. The van der Waals surface area contributed by atoms with Gasteiger partial charge >= 0.3 is 0 Å². The van der Waals surface area contributed by atoms with E-state index in [0.717, 1.165) is 19.5 Å². The summed E-state index contributed by atoms with van der Waals surface area (Å²) in [6.45, 7) is 12.2. The van der Waals surface area contributed by atoms with Crippen molar-refractivity contribution in [3.05, 3.63) is 36.6 Å². The summed E-state index contributed by atoms with van der Waals surface area (Å²) in [5.41, 5.74) is 2.64. The smallest absolute Gasteiger partial charge is 0.0392 e. The molecule has 1 heteroatoms. The van der Waals surface area contributed by atoms with Crippen molar-refractivity contribution in [3.63, 3.8) is 0 Å². The number of rotatable bonds is 3. The van der Waals surface area contributed by atoms with Gasteiger partial charge in [-0.2, -0.15) is 0 Å². The molecule has 1 heterocycles. The van der Waals surface area contributed by atoms with Crippen molar-refractivity contribution in [1.82, 2.24) is 4.90 Å². The Kier molecular flexibility index (Phi) is 3.81. The third kappa shape index (κ3) is 2.24. The van der Waals surface area contributed by atoms with Crippen LogP contribution in [0.1, 0.15) is 26.2 Å². The van der Waals surface area contributed by atoms with E-state index >= 15 is 0 Å². The molecule has 0 atom stereocenters. The highest BCUT2D eigenvalue weighted by Crippen LogP contribution is 2.22. The summed E-state index contributed by atoms with van der Waals surface area (Å²) in [5.74, 6) is 0. The molecule has 72 valence electrons. The number of allylic oxidation sites excluding steroid dienone is 3. The Bertz CT molecular complexity index is 225. The van der Waals surface area contributed by atoms with E-state index in [1.54, 1.807) is 0 Å². The Hall–Kier alpha value is -0.980. The van der Waals surface area contributed by atoms with Crippen LogP contribution in [0, 0.1) is 0 Å². The van der Waals surface area contributed by atoms with Crippen LogP contribution in [0.4, 0.5) is 0 Å². The van der Waals surface area contributed by atoms with Crippen LogP contribution in [0.25, 0.3) is 0 Å². The molecular weight excluding hydrogens is 158 g/mol. The molecule has 1 aliphatic rings. The Morgan fingerprint density at radius 1 is 1.31 bits per heavy atom. The molecule has 0 N–H and O–H groups in total. The first-order valence-electron chi connectivity index (χ1n) is 5.06. The van der Waals surface area contributed by atoms with Gasteiger partial charge in [-0.05, 0) is 37.8 Å². The number of hydrogen-bond acceptors (Lipinski definition) is 1. The lowest BCUT2D eigenvalue weighted by molar-refractivity contribution is 0.372. The maximum atomic E-state index is 3.88. The number of nitrogens with zero attached hydrogens (tertiary/aromatic N) is 1. The lowest BCUT2D eigenvalue weighted by atomic mass is 10.1. The SMILES string of the molecule is C=CC1=C(C=C)N(CC)CCCC1. The third-order valence-electron chi connectivity index (χ3n) is 2.62. The van der Waals surface area contributed by atoms with Crippen LogP contribution >= 0.6 is 0 Å². The summed E-state index contributed by atoms with van der Waals surface area (Å²) in [7, 11) is 0. The maximum Gasteiger partial charge on any atom is 0.0392 e. The summed E-state index contributed by atoms with van der Waals surface area (Å²) in [4.78, 5) is 2.39. The molecule has 13 heavy (non-hydrogen) atoms. The normalized spacial score (nSPS) is 18.4. The highest BCUT2D eigenvalue weighted by Gasteiger charge is 2.12. The fraction of sp³-hybridized carbons (Fsp3) is 0.500. The van der Waals surface area contributed by atoms with Crippen molar-refractivity contribution in [2.24, 2.45) is 0 Å². The molecule has 0 saturated carbocycles. The predicted molar refractivity (Wildman–Crippen MR) is 58.5 cm³/mol. The van der Waals surface area contributed by atoms with Crippen molar-refractivity contribution in [1.29, 1.82) is 0 Å². The van der Waals surface area contributed by atoms with Crippen LogP contribution < -0.4 is 0 Å². The Morgan fingerprint density at radius 3 is 2.62 bits per heavy atom. The highest BCUT2D eigenvalue weighted by molar-refractivity contribution is 5.31. The lowest BCUT2D eigenvalue weighted by Gasteiger charge is -2.23. The molecule has 0 radical (unpaired) electrons. The van der Waals surface area contributed by atoms with E-state index in [-0.39, 0.29) is 0 Å². The Labute approximate surface area is 81.4 Å². The molecule has 0 spiro atoms. The van der Waals surface area contributed by atoms with E-state index in [2.05, 4.69) is 25.0 Å². The molecule has 1 aliphatic heterocycles. The van der Waals surface area contributed by atoms with Gasteiger partial charge in [-0.25, -0.2) is 0 Å². The van der Waals surface area contributed by atoms with Crippen LogP contribution in [0.5, 0.6) is 0 Å². The zero-order chi connectivity index (χ0) is 9.68. The molecule has 0 unspecified atom stereocenters. The van der Waals surface area contributed by atoms with Crippen LogP contribution in [0.3, 0.4) is 0 Å². The van der Waals surface area contributed by atoms with Gasteiger partial charge in [-0.1, -0.05) is 19.2 Å². The molecule has 0 aromatic heterocycles. The second-order valence-electron chi connectivity index (χ2n) is 3.36. The summed E-state index contributed by atoms with van der Waals surface area (Å²) in [5, 5.41) is 0. The topological polar surface area (TPSA) is 3.24 Å². The largest absolute Gasteiger partial charge is 0.372 e. The van der Waals surface area contributed by atoms with Gasteiger partial charge in [0.1, 0.15) is 0 Å². The molecule has 0 aliphatic carbocycles. The fourth-order valence-corrected chi connectivity index (χ4v) is 1.87. The van der Waals surface area contributed by atoms with Crippen molar-refractivity contribution in [2.75, 3.05) is 13.1 Å². The molecule has 0 aromatic carbocycles. The van der Waals surface area contributed by atoms with Gasteiger partial charge in [-0.15, -0.1) is 0 Å². The lowest BCUT2D eigenvalue weighted by Crippen LogP contribution is -2.22. The third-order valence-corrected chi connectivity index (χ3v) is 2.62. The highest BCUT2D eigenvalue weighted by atomic mass is 15.1. The van der Waals surface area contributed by atoms with E-state index < -0.39 is 0 Å². The van der Waals surface area contributed by atoms with Crippen molar-refractivity contribution in [3.8, 4) is 0 Å².